The van der Waals surface area contributed by atoms with Crippen molar-refractivity contribution in [3.05, 3.63) is 60.7 Å². The monoisotopic (exact) mass is 229 g/mol. The highest BCUT2D eigenvalue weighted by atomic mass is 16.1. The first-order valence-electron chi connectivity index (χ1n) is 5.93. The lowest BCUT2D eigenvalue weighted by atomic mass is 10.2. The molecule has 0 aliphatic heterocycles. The SMILES string of the molecule is C=CCCCC=CCNC(=O)c1ccccc1. The first-order chi connectivity index (χ1) is 8.34. The van der Waals surface area contributed by atoms with Crippen LogP contribution in [0, 0.1) is 0 Å². The zero-order valence-corrected chi connectivity index (χ0v) is 10.1. The van der Waals surface area contributed by atoms with E-state index in [1.807, 2.05) is 42.5 Å². The van der Waals surface area contributed by atoms with Crippen LogP contribution in [0.25, 0.3) is 0 Å². The number of allylic oxidation sites excluding steroid dienone is 2. The largest absolute Gasteiger partial charge is 0.349 e. The highest BCUT2D eigenvalue weighted by Gasteiger charge is 2.00. The van der Waals surface area contributed by atoms with Gasteiger partial charge in [-0.3, -0.25) is 4.79 Å². The van der Waals surface area contributed by atoms with Gasteiger partial charge in [-0.05, 0) is 31.4 Å². The van der Waals surface area contributed by atoms with Crippen LogP contribution in [0.15, 0.2) is 55.1 Å². The van der Waals surface area contributed by atoms with Crippen LogP contribution in [0.4, 0.5) is 0 Å². The van der Waals surface area contributed by atoms with Gasteiger partial charge in [0.25, 0.3) is 5.91 Å². The number of amides is 1. The predicted octanol–water partition coefficient (Wildman–Crippen LogP) is 3.33. The van der Waals surface area contributed by atoms with Gasteiger partial charge in [-0.15, -0.1) is 6.58 Å². The number of rotatable bonds is 7. The summed E-state index contributed by atoms with van der Waals surface area (Å²) in [5.41, 5.74) is 0.701. The van der Waals surface area contributed by atoms with Gasteiger partial charge in [-0.2, -0.15) is 0 Å². The van der Waals surface area contributed by atoms with E-state index in [9.17, 15) is 4.79 Å². The molecule has 0 radical (unpaired) electrons. The Hall–Kier alpha value is -1.83. The summed E-state index contributed by atoms with van der Waals surface area (Å²) in [5, 5.41) is 2.84. The lowest BCUT2D eigenvalue weighted by molar-refractivity contribution is 0.0958. The van der Waals surface area contributed by atoms with Crippen molar-refractivity contribution in [1.29, 1.82) is 0 Å². The molecule has 0 aliphatic rings. The maximum absolute atomic E-state index is 11.6. The molecule has 17 heavy (non-hydrogen) atoms. The topological polar surface area (TPSA) is 29.1 Å². The first-order valence-corrected chi connectivity index (χ1v) is 5.93. The van der Waals surface area contributed by atoms with Crippen LogP contribution in [0.3, 0.4) is 0 Å². The standard InChI is InChI=1S/C15H19NO/c1-2-3-4-5-6-10-13-16-15(17)14-11-8-7-9-12-14/h2,6-12H,1,3-5,13H2,(H,16,17). The maximum atomic E-state index is 11.6. The average molecular weight is 229 g/mol. The zero-order valence-electron chi connectivity index (χ0n) is 10.1. The minimum absolute atomic E-state index is 0.0265. The van der Waals surface area contributed by atoms with E-state index in [-0.39, 0.29) is 5.91 Å². The summed E-state index contributed by atoms with van der Waals surface area (Å²) >= 11 is 0. The molecule has 0 aromatic heterocycles. The Kier molecular flexibility index (Phi) is 6.49. The third-order valence-corrected chi connectivity index (χ3v) is 2.36. The van der Waals surface area contributed by atoms with Crippen molar-refractivity contribution in [2.75, 3.05) is 6.54 Å². The van der Waals surface area contributed by atoms with Gasteiger partial charge in [-0.25, -0.2) is 0 Å². The molecule has 90 valence electrons. The average Bonchev–Trinajstić information content (AvgIpc) is 2.38. The third-order valence-electron chi connectivity index (χ3n) is 2.36. The quantitative estimate of drug-likeness (QED) is 0.564. The Balaban J connectivity index is 2.18. The van der Waals surface area contributed by atoms with E-state index in [2.05, 4.69) is 18.0 Å². The fraction of sp³-hybridized carbons (Fsp3) is 0.267. The van der Waals surface area contributed by atoms with Gasteiger partial charge in [0.05, 0.1) is 0 Å². The molecule has 0 spiro atoms. The number of carbonyl (C=O) groups is 1. The highest BCUT2D eigenvalue weighted by Crippen LogP contribution is 1.98. The molecule has 1 aromatic carbocycles. The lowest BCUT2D eigenvalue weighted by Crippen LogP contribution is -2.23. The Morgan fingerprint density at radius 1 is 1.18 bits per heavy atom. The molecule has 0 unspecified atom stereocenters. The second-order valence-electron chi connectivity index (χ2n) is 3.77. The van der Waals surface area contributed by atoms with Gasteiger partial charge in [0.2, 0.25) is 0 Å². The van der Waals surface area contributed by atoms with E-state index >= 15 is 0 Å². The van der Waals surface area contributed by atoms with E-state index in [1.54, 1.807) is 0 Å². The molecule has 1 amide bonds. The summed E-state index contributed by atoms with van der Waals surface area (Å²) in [6.45, 7) is 4.26. The van der Waals surface area contributed by atoms with Crippen LogP contribution in [-0.4, -0.2) is 12.5 Å². The Morgan fingerprint density at radius 2 is 1.94 bits per heavy atom. The van der Waals surface area contributed by atoms with Crippen molar-refractivity contribution in [3.63, 3.8) is 0 Å². The number of unbranched alkanes of at least 4 members (excludes halogenated alkanes) is 2. The van der Waals surface area contributed by atoms with E-state index in [1.165, 1.54) is 0 Å². The third kappa shape index (κ3) is 5.71. The fourth-order valence-electron chi connectivity index (χ4n) is 1.42. The van der Waals surface area contributed by atoms with Crippen molar-refractivity contribution in [2.45, 2.75) is 19.3 Å². The van der Waals surface area contributed by atoms with E-state index in [4.69, 9.17) is 0 Å². The van der Waals surface area contributed by atoms with Crippen LogP contribution in [0.2, 0.25) is 0 Å². The molecule has 1 N–H and O–H groups in total. The fourth-order valence-corrected chi connectivity index (χ4v) is 1.42. The molecule has 2 nitrogen and oxygen atoms in total. The summed E-state index contributed by atoms with van der Waals surface area (Å²) in [7, 11) is 0. The molecule has 0 saturated carbocycles. The summed E-state index contributed by atoms with van der Waals surface area (Å²) in [5.74, 6) is -0.0265. The van der Waals surface area contributed by atoms with Gasteiger partial charge < -0.3 is 5.32 Å². The van der Waals surface area contributed by atoms with Crippen LogP contribution < -0.4 is 5.32 Å². The molecule has 0 bridgehead atoms. The maximum Gasteiger partial charge on any atom is 0.251 e. The number of nitrogens with one attached hydrogen (secondary N) is 1. The summed E-state index contributed by atoms with van der Waals surface area (Å²) in [6.07, 6.45) is 9.20. The molecule has 2 heteroatoms. The van der Waals surface area contributed by atoms with Crippen molar-refractivity contribution in [1.82, 2.24) is 5.32 Å². The smallest absolute Gasteiger partial charge is 0.251 e. The molecular formula is C15H19NO. The van der Waals surface area contributed by atoms with Gasteiger partial charge >= 0.3 is 0 Å². The van der Waals surface area contributed by atoms with E-state index in [0.717, 1.165) is 19.3 Å². The Morgan fingerprint density at radius 3 is 2.65 bits per heavy atom. The molecule has 0 heterocycles. The van der Waals surface area contributed by atoms with Crippen molar-refractivity contribution >= 4 is 5.91 Å². The Labute approximate surface area is 103 Å². The van der Waals surface area contributed by atoms with Crippen LogP contribution in [0.1, 0.15) is 29.6 Å². The number of carbonyl (C=O) groups excluding carboxylic acids is 1. The second-order valence-corrected chi connectivity index (χ2v) is 3.77. The van der Waals surface area contributed by atoms with Crippen molar-refractivity contribution < 1.29 is 4.79 Å². The Bertz CT molecular complexity index is 368. The van der Waals surface area contributed by atoms with Gasteiger partial charge in [0.1, 0.15) is 0 Å². The molecule has 0 aliphatic carbocycles. The summed E-state index contributed by atoms with van der Waals surface area (Å²) in [6, 6.07) is 9.24. The number of hydrogen-bond acceptors (Lipinski definition) is 1. The summed E-state index contributed by atoms with van der Waals surface area (Å²) < 4.78 is 0. The second kappa shape index (κ2) is 8.34. The molecular weight excluding hydrogens is 210 g/mol. The summed E-state index contributed by atoms with van der Waals surface area (Å²) in [4.78, 5) is 11.6. The van der Waals surface area contributed by atoms with E-state index in [0.29, 0.717) is 12.1 Å². The predicted molar refractivity (Wildman–Crippen MR) is 72.0 cm³/mol. The van der Waals surface area contributed by atoms with Crippen LogP contribution in [-0.2, 0) is 0 Å². The van der Waals surface area contributed by atoms with E-state index < -0.39 is 0 Å². The van der Waals surface area contributed by atoms with Gasteiger partial charge in [0, 0.05) is 12.1 Å². The molecule has 0 atom stereocenters. The minimum atomic E-state index is -0.0265. The van der Waals surface area contributed by atoms with Crippen molar-refractivity contribution in [3.8, 4) is 0 Å². The molecule has 0 saturated heterocycles. The van der Waals surface area contributed by atoms with Crippen molar-refractivity contribution in [2.24, 2.45) is 0 Å². The number of hydrogen-bond donors (Lipinski definition) is 1. The molecule has 0 fully saturated rings. The van der Waals surface area contributed by atoms with Gasteiger partial charge in [-0.1, -0.05) is 36.4 Å². The molecule has 1 rings (SSSR count). The first kappa shape index (κ1) is 13.2. The zero-order chi connectivity index (χ0) is 12.3. The normalized spacial score (nSPS) is 10.4. The van der Waals surface area contributed by atoms with Crippen LogP contribution >= 0.6 is 0 Å². The van der Waals surface area contributed by atoms with Gasteiger partial charge in [0.15, 0.2) is 0 Å². The minimum Gasteiger partial charge on any atom is -0.349 e. The molecule has 1 aromatic rings. The number of benzene rings is 1. The lowest BCUT2D eigenvalue weighted by Gasteiger charge is -2.01. The van der Waals surface area contributed by atoms with Crippen LogP contribution in [0.5, 0.6) is 0 Å². The highest BCUT2D eigenvalue weighted by molar-refractivity contribution is 5.94.